The van der Waals surface area contributed by atoms with Crippen molar-refractivity contribution >= 4 is 11.8 Å². The highest BCUT2D eigenvalue weighted by Crippen LogP contribution is 2.16. The minimum absolute atomic E-state index is 0.0814. The lowest BCUT2D eigenvalue weighted by Crippen LogP contribution is -2.40. The van der Waals surface area contributed by atoms with E-state index in [0.717, 1.165) is 25.9 Å². The molecule has 1 aromatic heterocycles. The Morgan fingerprint density at radius 1 is 1.42 bits per heavy atom. The molecule has 1 aliphatic rings. The van der Waals surface area contributed by atoms with E-state index in [2.05, 4.69) is 10.3 Å². The number of amides is 2. The Kier molecular flexibility index (Phi) is 4.49. The van der Waals surface area contributed by atoms with Crippen LogP contribution in [0.1, 0.15) is 30.1 Å². The zero-order valence-electron chi connectivity index (χ0n) is 11.1. The molecule has 0 aliphatic carbocycles. The Morgan fingerprint density at radius 3 is 2.74 bits per heavy atom. The van der Waals surface area contributed by atoms with Crippen molar-refractivity contribution in [2.75, 3.05) is 19.6 Å². The monoisotopic (exact) mass is 261 g/mol. The van der Waals surface area contributed by atoms with Crippen LogP contribution in [0, 0.1) is 5.92 Å². The third-order valence-electron chi connectivity index (χ3n) is 3.53. The Morgan fingerprint density at radius 2 is 2.16 bits per heavy atom. The van der Waals surface area contributed by atoms with E-state index in [1.54, 1.807) is 31.5 Å². The van der Waals surface area contributed by atoms with E-state index in [0.29, 0.717) is 18.0 Å². The smallest absolute Gasteiger partial charge is 0.252 e. The molecule has 2 rings (SSSR count). The molecule has 1 aromatic rings. The molecule has 1 saturated heterocycles. The molecule has 102 valence electrons. The quantitative estimate of drug-likeness (QED) is 0.885. The molecule has 0 aromatic carbocycles. The molecule has 0 unspecified atom stereocenters. The number of carbonyl (C=O) groups excluding carboxylic acids is 2. The lowest BCUT2D eigenvalue weighted by atomic mass is 9.96. The summed E-state index contributed by atoms with van der Waals surface area (Å²) in [5.41, 5.74) is 0.587. The lowest BCUT2D eigenvalue weighted by molar-refractivity contribution is -0.130. The summed E-state index contributed by atoms with van der Waals surface area (Å²) in [5.74, 6) is 0.510. The van der Waals surface area contributed by atoms with Crippen LogP contribution in [-0.4, -0.2) is 41.3 Å². The van der Waals surface area contributed by atoms with Crippen LogP contribution < -0.4 is 5.32 Å². The molecule has 0 bridgehead atoms. The molecule has 0 atom stereocenters. The van der Waals surface area contributed by atoms with E-state index in [4.69, 9.17) is 0 Å². The van der Waals surface area contributed by atoms with Crippen LogP contribution in [0.15, 0.2) is 24.5 Å². The highest BCUT2D eigenvalue weighted by Gasteiger charge is 2.21. The molecule has 2 heterocycles. The summed E-state index contributed by atoms with van der Waals surface area (Å²) >= 11 is 0. The molecule has 2 amide bonds. The number of likely N-dealkylation sites (tertiary alicyclic amines) is 1. The Balaban J connectivity index is 1.75. The number of pyridine rings is 1. The van der Waals surface area contributed by atoms with Gasteiger partial charge in [-0.25, -0.2) is 0 Å². The first kappa shape index (κ1) is 13.5. The van der Waals surface area contributed by atoms with Crippen molar-refractivity contribution in [3.05, 3.63) is 30.1 Å². The van der Waals surface area contributed by atoms with Gasteiger partial charge in [-0.2, -0.15) is 0 Å². The van der Waals surface area contributed by atoms with Crippen molar-refractivity contribution in [3.63, 3.8) is 0 Å². The van der Waals surface area contributed by atoms with E-state index in [9.17, 15) is 9.59 Å². The van der Waals surface area contributed by atoms with Crippen LogP contribution in [0.2, 0.25) is 0 Å². The van der Waals surface area contributed by atoms with Crippen LogP contribution in [0.3, 0.4) is 0 Å². The van der Waals surface area contributed by atoms with Crippen LogP contribution in [0.25, 0.3) is 0 Å². The van der Waals surface area contributed by atoms with Crippen molar-refractivity contribution in [3.8, 4) is 0 Å². The zero-order chi connectivity index (χ0) is 13.7. The maximum Gasteiger partial charge on any atom is 0.252 e. The highest BCUT2D eigenvalue weighted by molar-refractivity contribution is 5.93. The van der Waals surface area contributed by atoms with Gasteiger partial charge in [-0.15, -0.1) is 0 Å². The minimum atomic E-state index is -0.0814. The number of nitrogens with zero attached hydrogens (tertiary/aromatic N) is 2. The van der Waals surface area contributed by atoms with E-state index >= 15 is 0 Å². The van der Waals surface area contributed by atoms with Crippen molar-refractivity contribution < 1.29 is 9.59 Å². The molecule has 19 heavy (non-hydrogen) atoms. The lowest BCUT2D eigenvalue weighted by Gasteiger charge is -2.31. The number of hydrogen-bond donors (Lipinski definition) is 1. The fourth-order valence-electron chi connectivity index (χ4n) is 2.29. The largest absolute Gasteiger partial charge is 0.352 e. The van der Waals surface area contributed by atoms with Crippen LogP contribution in [0.5, 0.6) is 0 Å². The number of rotatable bonds is 3. The van der Waals surface area contributed by atoms with Gasteiger partial charge < -0.3 is 10.2 Å². The molecular formula is C14H19N3O2. The van der Waals surface area contributed by atoms with Gasteiger partial charge in [0, 0.05) is 39.0 Å². The third-order valence-corrected chi connectivity index (χ3v) is 3.53. The fourth-order valence-corrected chi connectivity index (χ4v) is 2.29. The van der Waals surface area contributed by atoms with E-state index in [1.165, 1.54) is 0 Å². The number of aromatic nitrogens is 1. The normalized spacial score (nSPS) is 16.2. The summed E-state index contributed by atoms with van der Waals surface area (Å²) in [7, 11) is 0. The minimum Gasteiger partial charge on any atom is -0.352 e. The first-order valence-electron chi connectivity index (χ1n) is 6.60. The Labute approximate surface area is 113 Å². The van der Waals surface area contributed by atoms with Crippen LogP contribution in [0.4, 0.5) is 0 Å². The predicted octanol–water partition coefficient (Wildman–Crippen LogP) is 1.07. The Bertz CT molecular complexity index is 439. The fraction of sp³-hybridized carbons (Fsp3) is 0.500. The van der Waals surface area contributed by atoms with Gasteiger partial charge in [0.25, 0.3) is 5.91 Å². The van der Waals surface area contributed by atoms with Crippen molar-refractivity contribution in [1.82, 2.24) is 15.2 Å². The first-order valence-corrected chi connectivity index (χ1v) is 6.60. The second-order valence-electron chi connectivity index (χ2n) is 4.90. The number of nitrogens with one attached hydrogen (secondary N) is 1. The number of piperidine rings is 1. The van der Waals surface area contributed by atoms with Crippen molar-refractivity contribution in [2.45, 2.75) is 19.8 Å². The van der Waals surface area contributed by atoms with Crippen molar-refractivity contribution in [1.29, 1.82) is 0 Å². The van der Waals surface area contributed by atoms with E-state index in [1.807, 2.05) is 4.90 Å². The molecule has 1 N–H and O–H groups in total. The molecule has 1 aliphatic heterocycles. The van der Waals surface area contributed by atoms with Crippen LogP contribution >= 0.6 is 0 Å². The van der Waals surface area contributed by atoms with E-state index < -0.39 is 0 Å². The van der Waals surface area contributed by atoms with Gasteiger partial charge in [0.05, 0.1) is 5.56 Å². The Hall–Kier alpha value is -1.91. The van der Waals surface area contributed by atoms with Crippen molar-refractivity contribution in [2.24, 2.45) is 5.92 Å². The summed E-state index contributed by atoms with van der Waals surface area (Å²) in [6.45, 7) is 3.86. The molecule has 0 radical (unpaired) electrons. The highest BCUT2D eigenvalue weighted by atomic mass is 16.2. The molecular weight excluding hydrogens is 242 g/mol. The summed E-state index contributed by atoms with van der Waals surface area (Å²) in [4.78, 5) is 28.8. The van der Waals surface area contributed by atoms with Gasteiger partial charge in [0.1, 0.15) is 0 Å². The second-order valence-corrected chi connectivity index (χ2v) is 4.90. The van der Waals surface area contributed by atoms with Gasteiger partial charge in [-0.05, 0) is 30.9 Å². The average molecular weight is 261 g/mol. The standard InChI is InChI=1S/C14H19N3O2/c1-11(18)17-7-4-12(5-8-17)9-16-14(19)13-3-2-6-15-10-13/h2-3,6,10,12H,4-5,7-9H2,1H3,(H,16,19). The van der Waals surface area contributed by atoms with E-state index in [-0.39, 0.29) is 11.8 Å². The zero-order valence-corrected chi connectivity index (χ0v) is 11.1. The molecule has 1 fully saturated rings. The first-order chi connectivity index (χ1) is 9.16. The van der Waals surface area contributed by atoms with Gasteiger partial charge in [0.2, 0.25) is 5.91 Å². The summed E-state index contributed by atoms with van der Waals surface area (Å²) in [5, 5.41) is 2.93. The topological polar surface area (TPSA) is 62.3 Å². The molecule has 0 spiro atoms. The third kappa shape index (κ3) is 3.77. The molecule has 5 heteroatoms. The SMILES string of the molecule is CC(=O)N1CCC(CNC(=O)c2cccnc2)CC1. The average Bonchev–Trinajstić information content (AvgIpc) is 2.46. The number of hydrogen-bond acceptors (Lipinski definition) is 3. The number of carbonyl (C=O) groups is 2. The predicted molar refractivity (Wildman–Crippen MR) is 71.5 cm³/mol. The second kappa shape index (κ2) is 6.31. The van der Waals surface area contributed by atoms with Gasteiger partial charge >= 0.3 is 0 Å². The van der Waals surface area contributed by atoms with Crippen LogP contribution in [-0.2, 0) is 4.79 Å². The summed E-state index contributed by atoms with van der Waals surface area (Å²) < 4.78 is 0. The maximum absolute atomic E-state index is 11.8. The summed E-state index contributed by atoms with van der Waals surface area (Å²) in [6, 6.07) is 3.50. The summed E-state index contributed by atoms with van der Waals surface area (Å²) in [6.07, 6.45) is 5.11. The maximum atomic E-state index is 11.8. The van der Waals surface area contributed by atoms with Gasteiger partial charge in [-0.3, -0.25) is 14.6 Å². The molecule has 0 saturated carbocycles. The molecule has 5 nitrogen and oxygen atoms in total. The van der Waals surface area contributed by atoms with Gasteiger partial charge in [-0.1, -0.05) is 0 Å². The van der Waals surface area contributed by atoms with Gasteiger partial charge in [0.15, 0.2) is 0 Å².